The Morgan fingerprint density at radius 1 is 1.46 bits per heavy atom. The summed E-state index contributed by atoms with van der Waals surface area (Å²) in [6.45, 7) is 5.99. The van der Waals surface area contributed by atoms with Gasteiger partial charge in [-0.15, -0.1) is 0 Å². The van der Waals surface area contributed by atoms with Crippen molar-refractivity contribution >= 4 is 0 Å². The lowest BCUT2D eigenvalue weighted by molar-refractivity contribution is 0.333. The zero-order chi connectivity index (χ0) is 9.68. The van der Waals surface area contributed by atoms with Crippen LogP contribution in [0.1, 0.15) is 39.0 Å². The van der Waals surface area contributed by atoms with Gasteiger partial charge in [-0.1, -0.05) is 32.4 Å². The molecule has 0 aliphatic heterocycles. The molecule has 13 heavy (non-hydrogen) atoms. The predicted octanol–water partition coefficient (Wildman–Crippen LogP) is 3.34. The van der Waals surface area contributed by atoms with Crippen molar-refractivity contribution in [3.05, 3.63) is 24.4 Å². The molecule has 1 aliphatic rings. The first-order valence-corrected chi connectivity index (χ1v) is 5.33. The van der Waals surface area contributed by atoms with Crippen molar-refractivity contribution in [2.75, 3.05) is 7.05 Å². The van der Waals surface area contributed by atoms with Gasteiger partial charge in [-0.25, -0.2) is 0 Å². The zero-order valence-electron chi connectivity index (χ0n) is 8.92. The lowest BCUT2D eigenvalue weighted by atomic mass is 10.2. The third-order valence-corrected chi connectivity index (χ3v) is 2.94. The molecule has 1 rings (SSSR count). The van der Waals surface area contributed by atoms with Gasteiger partial charge in [-0.05, 0) is 24.8 Å². The molecule has 0 heterocycles. The van der Waals surface area contributed by atoms with E-state index in [0.29, 0.717) is 0 Å². The number of allylic oxidation sites excluding steroid dienone is 2. The minimum Gasteiger partial charge on any atom is -0.377 e. The fourth-order valence-corrected chi connectivity index (χ4v) is 1.97. The fourth-order valence-electron chi connectivity index (χ4n) is 1.97. The second kappa shape index (κ2) is 5.11. The van der Waals surface area contributed by atoms with Gasteiger partial charge in [0.2, 0.25) is 0 Å². The summed E-state index contributed by atoms with van der Waals surface area (Å²) in [6.07, 6.45) is 10.8. The first-order valence-electron chi connectivity index (χ1n) is 5.33. The molecular formula is C12H21N. The molecule has 0 spiro atoms. The van der Waals surface area contributed by atoms with E-state index in [0.717, 1.165) is 12.5 Å². The molecule has 1 nitrogen and oxygen atoms in total. The molecule has 0 atom stereocenters. The predicted molar refractivity (Wildman–Crippen MR) is 58.6 cm³/mol. The normalized spacial score (nSPS) is 19.1. The van der Waals surface area contributed by atoms with Crippen LogP contribution in [0.5, 0.6) is 0 Å². The number of rotatable bonds is 4. The Bertz CT molecular complexity index is 187. The van der Waals surface area contributed by atoms with Gasteiger partial charge in [0.25, 0.3) is 0 Å². The van der Waals surface area contributed by atoms with Crippen LogP contribution in [0.2, 0.25) is 0 Å². The molecule has 0 amide bonds. The molecule has 0 N–H and O–H groups in total. The lowest BCUT2D eigenvalue weighted by Gasteiger charge is -2.23. The Labute approximate surface area is 82.1 Å². The van der Waals surface area contributed by atoms with Crippen molar-refractivity contribution in [2.24, 2.45) is 0 Å². The molecule has 0 bridgehead atoms. The molecule has 1 aliphatic carbocycles. The highest BCUT2D eigenvalue weighted by atomic mass is 15.1. The van der Waals surface area contributed by atoms with Crippen LogP contribution in [0.15, 0.2) is 24.4 Å². The third kappa shape index (κ3) is 2.91. The monoisotopic (exact) mass is 179 g/mol. The molecule has 1 fully saturated rings. The average molecular weight is 179 g/mol. The van der Waals surface area contributed by atoms with E-state index in [4.69, 9.17) is 0 Å². The van der Waals surface area contributed by atoms with Crippen LogP contribution in [-0.2, 0) is 0 Å². The molecule has 0 radical (unpaired) electrons. The molecule has 74 valence electrons. The van der Waals surface area contributed by atoms with Crippen molar-refractivity contribution in [2.45, 2.75) is 45.1 Å². The zero-order valence-corrected chi connectivity index (χ0v) is 8.92. The number of nitrogens with zero attached hydrogens (tertiary/aromatic N) is 1. The van der Waals surface area contributed by atoms with Gasteiger partial charge < -0.3 is 4.90 Å². The molecular weight excluding hydrogens is 158 g/mol. The molecule has 0 aromatic carbocycles. The smallest absolute Gasteiger partial charge is 0.0281 e. The van der Waals surface area contributed by atoms with Crippen LogP contribution in [0.25, 0.3) is 0 Å². The summed E-state index contributed by atoms with van der Waals surface area (Å²) in [6, 6.07) is 0.779. The van der Waals surface area contributed by atoms with Gasteiger partial charge in [0.15, 0.2) is 0 Å². The highest BCUT2D eigenvalue weighted by Crippen LogP contribution is 2.23. The summed E-state index contributed by atoms with van der Waals surface area (Å²) in [5, 5.41) is 0. The largest absolute Gasteiger partial charge is 0.377 e. The molecule has 0 unspecified atom stereocenters. The van der Waals surface area contributed by atoms with Crippen LogP contribution in [0.3, 0.4) is 0 Å². The van der Waals surface area contributed by atoms with E-state index in [9.17, 15) is 0 Å². The van der Waals surface area contributed by atoms with Crippen molar-refractivity contribution in [1.82, 2.24) is 4.90 Å². The van der Waals surface area contributed by atoms with Crippen LogP contribution in [0, 0.1) is 0 Å². The maximum absolute atomic E-state index is 3.82. The number of hydrogen-bond donors (Lipinski definition) is 0. The van der Waals surface area contributed by atoms with Crippen LogP contribution in [0.4, 0.5) is 0 Å². The highest BCUT2D eigenvalue weighted by molar-refractivity contribution is 5.15. The van der Waals surface area contributed by atoms with Gasteiger partial charge in [0, 0.05) is 19.3 Å². The van der Waals surface area contributed by atoms with E-state index < -0.39 is 0 Å². The van der Waals surface area contributed by atoms with Crippen molar-refractivity contribution in [3.63, 3.8) is 0 Å². The van der Waals surface area contributed by atoms with E-state index in [1.54, 1.807) is 0 Å². The van der Waals surface area contributed by atoms with E-state index in [1.807, 2.05) is 6.08 Å². The van der Waals surface area contributed by atoms with E-state index in [-0.39, 0.29) is 0 Å². The van der Waals surface area contributed by atoms with Crippen molar-refractivity contribution in [3.8, 4) is 0 Å². The highest BCUT2D eigenvalue weighted by Gasteiger charge is 2.17. The van der Waals surface area contributed by atoms with Crippen LogP contribution < -0.4 is 0 Å². The van der Waals surface area contributed by atoms with Crippen LogP contribution in [-0.4, -0.2) is 18.0 Å². The summed E-state index contributed by atoms with van der Waals surface area (Å²) in [5.74, 6) is 0. The van der Waals surface area contributed by atoms with Crippen molar-refractivity contribution < 1.29 is 0 Å². The SMILES string of the molecule is C=C/C(=C\N(C)C1CCCC1)CC. The van der Waals surface area contributed by atoms with Gasteiger partial charge in [0.1, 0.15) is 0 Å². The summed E-state index contributed by atoms with van der Waals surface area (Å²) in [7, 11) is 2.19. The second-order valence-corrected chi connectivity index (χ2v) is 3.87. The Morgan fingerprint density at radius 3 is 2.54 bits per heavy atom. The molecule has 0 aromatic rings. The minimum atomic E-state index is 0.779. The van der Waals surface area contributed by atoms with E-state index >= 15 is 0 Å². The average Bonchev–Trinajstić information content (AvgIpc) is 2.66. The molecule has 1 heteroatoms. The Kier molecular flexibility index (Phi) is 4.07. The van der Waals surface area contributed by atoms with E-state index in [2.05, 4.69) is 31.7 Å². The van der Waals surface area contributed by atoms with Gasteiger partial charge in [-0.2, -0.15) is 0 Å². The maximum Gasteiger partial charge on any atom is 0.0281 e. The quantitative estimate of drug-likeness (QED) is 0.598. The molecule has 1 saturated carbocycles. The molecule has 0 aromatic heterocycles. The van der Waals surface area contributed by atoms with Gasteiger partial charge in [-0.3, -0.25) is 0 Å². The maximum atomic E-state index is 3.82. The Hall–Kier alpha value is -0.720. The summed E-state index contributed by atoms with van der Waals surface area (Å²) >= 11 is 0. The van der Waals surface area contributed by atoms with Gasteiger partial charge in [0.05, 0.1) is 0 Å². The van der Waals surface area contributed by atoms with Crippen molar-refractivity contribution in [1.29, 1.82) is 0 Å². The van der Waals surface area contributed by atoms with Gasteiger partial charge >= 0.3 is 0 Å². The topological polar surface area (TPSA) is 3.24 Å². The number of hydrogen-bond acceptors (Lipinski definition) is 1. The minimum absolute atomic E-state index is 0.779. The summed E-state index contributed by atoms with van der Waals surface area (Å²) in [5.41, 5.74) is 1.34. The summed E-state index contributed by atoms with van der Waals surface area (Å²) < 4.78 is 0. The third-order valence-electron chi connectivity index (χ3n) is 2.94. The standard InChI is InChI=1S/C12H21N/c1-4-11(5-2)10-13(3)12-8-6-7-9-12/h4,10,12H,1,5-9H2,2-3H3/b11-10+. The first kappa shape index (κ1) is 10.4. The second-order valence-electron chi connectivity index (χ2n) is 3.87. The molecule has 0 saturated heterocycles. The fraction of sp³-hybridized carbons (Fsp3) is 0.667. The van der Waals surface area contributed by atoms with Crippen LogP contribution >= 0.6 is 0 Å². The lowest BCUT2D eigenvalue weighted by Crippen LogP contribution is -2.23. The first-order chi connectivity index (χ1) is 6.27. The Morgan fingerprint density at radius 2 is 2.08 bits per heavy atom. The van der Waals surface area contributed by atoms with E-state index in [1.165, 1.54) is 31.3 Å². The summed E-state index contributed by atoms with van der Waals surface area (Å²) in [4.78, 5) is 2.37. The Balaban J connectivity index is 2.50.